The van der Waals surface area contributed by atoms with Crippen molar-refractivity contribution < 1.29 is 18.0 Å². The third-order valence-corrected chi connectivity index (χ3v) is 5.18. The van der Waals surface area contributed by atoms with Crippen LogP contribution in [0.15, 0.2) is 36.3 Å². The van der Waals surface area contributed by atoms with Crippen molar-refractivity contribution in [1.29, 1.82) is 0 Å². The van der Waals surface area contributed by atoms with Gasteiger partial charge in [0.15, 0.2) is 0 Å². The summed E-state index contributed by atoms with van der Waals surface area (Å²) in [5.74, 6) is -0.121. The van der Waals surface area contributed by atoms with Gasteiger partial charge in [-0.1, -0.05) is 6.08 Å². The number of alkyl halides is 3. The second kappa shape index (κ2) is 7.51. The largest absolute Gasteiger partial charge is 0.419 e. The molecule has 3 N–H and O–H groups in total. The van der Waals surface area contributed by atoms with Crippen LogP contribution in [0.5, 0.6) is 0 Å². The Morgan fingerprint density at radius 1 is 1.34 bits per heavy atom. The average Bonchev–Trinajstić information content (AvgIpc) is 3.05. The molecule has 0 aliphatic carbocycles. The van der Waals surface area contributed by atoms with E-state index in [0.717, 1.165) is 25.6 Å². The van der Waals surface area contributed by atoms with Gasteiger partial charge < -0.3 is 20.9 Å². The number of carbonyl (C=O) groups excluding carboxylic acids is 1. The van der Waals surface area contributed by atoms with E-state index < -0.39 is 17.8 Å². The highest BCUT2D eigenvalue weighted by Crippen LogP contribution is 2.39. The third kappa shape index (κ3) is 3.84. The van der Waals surface area contributed by atoms with Gasteiger partial charge in [0.05, 0.1) is 5.69 Å². The zero-order chi connectivity index (χ0) is 20.6. The Kier molecular flexibility index (Phi) is 5.03. The van der Waals surface area contributed by atoms with Crippen LogP contribution in [-0.2, 0) is 11.0 Å². The van der Waals surface area contributed by atoms with Crippen molar-refractivity contribution in [3.63, 3.8) is 0 Å². The van der Waals surface area contributed by atoms with Gasteiger partial charge in [-0.05, 0) is 31.0 Å². The molecule has 0 saturated carbocycles. The molecule has 1 saturated heterocycles. The van der Waals surface area contributed by atoms with E-state index in [-0.39, 0.29) is 29.2 Å². The summed E-state index contributed by atoms with van der Waals surface area (Å²) in [7, 11) is 1.60. The molecule has 10 heteroatoms. The van der Waals surface area contributed by atoms with Gasteiger partial charge in [-0.15, -0.1) is 0 Å². The summed E-state index contributed by atoms with van der Waals surface area (Å²) in [6.45, 7) is 1.62. The first kappa shape index (κ1) is 19.4. The van der Waals surface area contributed by atoms with Gasteiger partial charge >= 0.3 is 6.18 Å². The van der Waals surface area contributed by atoms with Crippen molar-refractivity contribution in [2.45, 2.75) is 31.1 Å². The van der Waals surface area contributed by atoms with E-state index in [4.69, 9.17) is 0 Å². The summed E-state index contributed by atoms with van der Waals surface area (Å²) >= 11 is 0. The summed E-state index contributed by atoms with van der Waals surface area (Å²) in [4.78, 5) is 22.0. The number of nitrogens with zero attached hydrogens (tertiary/aromatic N) is 3. The van der Waals surface area contributed by atoms with E-state index in [2.05, 4.69) is 25.9 Å². The van der Waals surface area contributed by atoms with Crippen LogP contribution in [0.1, 0.15) is 24.1 Å². The number of aromatic nitrogens is 2. The zero-order valence-corrected chi connectivity index (χ0v) is 15.8. The summed E-state index contributed by atoms with van der Waals surface area (Å²) in [6, 6.07) is -0.702. The number of hydrogen-bond donors (Lipinski definition) is 3. The predicted octanol–water partition coefficient (Wildman–Crippen LogP) is 1.88. The van der Waals surface area contributed by atoms with Crippen LogP contribution in [0, 0.1) is 0 Å². The molecule has 2 atom stereocenters. The normalized spacial score (nSPS) is 24.4. The SMILES string of the molecule is CN1C=CC=C2C(c3nc(NC4CCCNC4)ncc3C(F)(F)F)=CNC2C1=O. The molecular weight excluding hydrogens is 385 g/mol. The highest BCUT2D eigenvalue weighted by Gasteiger charge is 2.40. The molecule has 2 unspecified atom stereocenters. The molecule has 7 nitrogen and oxygen atoms in total. The number of hydrogen-bond acceptors (Lipinski definition) is 6. The van der Waals surface area contributed by atoms with Crippen LogP contribution in [0.25, 0.3) is 5.57 Å². The summed E-state index contributed by atoms with van der Waals surface area (Å²) in [5.41, 5.74) is -0.493. The number of nitrogens with one attached hydrogen (secondary N) is 3. The molecule has 0 aromatic carbocycles. The number of likely N-dealkylation sites (N-methyl/N-ethyl adjacent to an activating group) is 1. The maximum absolute atomic E-state index is 13.7. The lowest BCUT2D eigenvalue weighted by Crippen LogP contribution is -2.39. The topological polar surface area (TPSA) is 82.2 Å². The zero-order valence-electron chi connectivity index (χ0n) is 15.8. The molecule has 1 amide bonds. The maximum atomic E-state index is 13.7. The van der Waals surface area contributed by atoms with Crippen LogP contribution < -0.4 is 16.0 Å². The van der Waals surface area contributed by atoms with Crippen molar-refractivity contribution in [3.05, 3.63) is 47.6 Å². The molecule has 154 valence electrons. The molecule has 4 rings (SSSR count). The maximum Gasteiger partial charge on any atom is 0.419 e. The number of amides is 1. The number of rotatable bonds is 3. The minimum absolute atomic E-state index is 0.0482. The standard InChI is InChI=1S/C19H21F3N6O/c1-28-7-3-5-12-13(9-24-16(12)17(28)29)15-14(19(20,21)22)10-25-18(27-15)26-11-4-2-6-23-8-11/h3,5,7,9-11,16,23-24H,2,4,6,8H2,1H3,(H,25,26,27). The highest BCUT2D eigenvalue weighted by atomic mass is 19.4. The van der Waals surface area contributed by atoms with Gasteiger partial charge in [0.2, 0.25) is 5.95 Å². The van der Waals surface area contributed by atoms with Crippen LogP contribution >= 0.6 is 0 Å². The monoisotopic (exact) mass is 406 g/mol. The molecular formula is C19H21F3N6O. The molecule has 1 aromatic heterocycles. The summed E-state index contributed by atoms with van der Waals surface area (Å²) in [5, 5.41) is 9.24. The van der Waals surface area contributed by atoms with Crippen molar-refractivity contribution >= 4 is 17.4 Å². The van der Waals surface area contributed by atoms with Crippen LogP contribution in [0.2, 0.25) is 0 Å². The number of fused-ring (bicyclic) bond motifs is 1. The van der Waals surface area contributed by atoms with E-state index in [0.29, 0.717) is 12.1 Å². The molecule has 0 bridgehead atoms. The van der Waals surface area contributed by atoms with E-state index in [1.807, 2.05) is 0 Å². The fourth-order valence-corrected chi connectivity index (χ4v) is 3.67. The number of carbonyl (C=O) groups is 1. The molecule has 29 heavy (non-hydrogen) atoms. The Hall–Kier alpha value is -2.88. The van der Waals surface area contributed by atoms with Crippen molar-refractivity contribution in [2.24, 2.45) is 0 Å². The molecule has 3 aliphatic rings. The fraction of sp³-hybridized carbons (Fsp3) is 0.421. The second-order valence-electron chi connectivity index (χ2n) is 7.21. The van der Waals surface area contributed by atoms with Gasteiger partial charge in [0.1, 0.15) is 11.6 Å². The Morgan fingerprint density at radius 2 is 2.17 bits per heavy atom. The van der Waals surface area contributed by atoms with Crippen molar-refractivity contribution in [2.75, 3.05) is 25.5 Å². The lowest BCUT2D eigenvalue weighted by atomic mass is 9.96. The van der Waals surface area contributed by atoms with Gasteiger partial charge in [0, 0.05) is 43.8 Å². The lowest BCUT2D eigenvalue weighted by Gasteiger charge is -2.24. The highest BCUT2D eigenvalue weighted by molar-refractivity contribution is 5.97. The number of piperidine rings is 1. The van der Waals surface area contributed by atoms with E-state index in [9.17, 15) is 18.0 Å². The fourth-order valence-electron chi connectivity index (χ4n) is 3.67. The van der Waals surface area contributed by atoms with Crippen molar-refractivity contribution in [3.8, 4) is 0 Å². The van der Waals surface area contributed by atoms with Gasteiger partial charge in [-0.25, -0.2) is 9.97 Å². The summed E-state index contributed by atoms with van der Waals surface area (Å²) < 4.78 is 41.0. The Labute approximate surface area is 165 Å². The van der Waals surface area contributed by atoms with E-state index in [1.165, 1.54) is 11.1 Å². The minimum atomic E-state index is -4.62. The number of anilines is 1. The molecule has 0 spiro atoms. The molecule has 3 aliphatic heterocycles. The van der Waals surface area contributed by atoms with Crippen LogP contribution in [-0.4, -0.2) is 53.0 Å². The van der Waals surface area contributed by atoms with Gasteiger partial charge in [-0.3, -0.25) is 4.79 Å². The number of halogens is 3. The summed E-state index contributed by atoms with van der Waals surface area (Å²) in [6.07, 6.45) is 4.29. The first-order valence-corrected chi connectivity index (χ1v) is 9.38. The average molecular weight is 406 g/mol. The molecule has 1 aromatic rings. The quantitative estimate of drug-likeness (QED) is 0.711. The lowest BCUT2D eigenvalue weighted by molar-refractivity contribution is -0.138. The third-order valence-electron chi connectivity index (χ3n) is 5.18. The first-order chi connectivity index (χ1) is 13.8. The van der Waals surface area contributed by atoms with Gasteiger partial charge in [-0.2, -0.15) is 13.2 Å². The Morgan fingerprint density at radius 3 is 2.90 bits per heavy atom. The second-order valence-corrected chi connectivity index (χ2v) is 7.21. The first-order valence-electron chi connectivity index (χ1n) is 9.38. The van der Waals surface area contributed by atoms with Crippen molar-refractivity contribution in [1.82, 2.24) is 25.5 Å². The van der Waals surface area contributed by atoms with E-state index >= 15 is 0 Å². The number of allylic oxidation sites excluding steroid dienone is 2. The van der Waals surface area contributed by atoms with Crippen LogP contribution in [0.4, 0.5) is 19.1 Å². The smallest absolute Gasteiger partial charge is 0.375 e. The predicted molar refractivity (Wildman–Crippen MR) is 101 cm³/mol. The van der Waals surface area contributed by atoms with Gasteiger partial charge in [0.25, 0.3) is 5.91 Å². The Balaban J connectivity index is 1.71. The molecule has 4 heterocycles. The van der Waals surface area contributed by atoms with E-state index in [1.54, 1.807) is 25.4 Å². The van der Waals surface area contributed by atoms with Crippen LogP contribution in [0.3, 0.4) is 0 Å². The molecule has 0 radical (unpaired) electrons. The molecule has 1 fully saturated rings. The Bertz CT molecular complexity index is 902. The minimum Gasteiger partial charge on any atom is -0.375 e.